The topological polar surface area (TPSA) is 56.1 Å². The highest BCUT2D eigenvalue weighted by Gasteiger charge is 2.21. The molecule has 0 bridgehead atoms. The van der Waals surface area contributed by atoms with Crippen LogP contribution >= 0.6 is 22.9 Å². The summed E-state index contributed by atoms with van der Waals surface area (Å²) in [5, 5.41) is 6.58. The first kappa shape index (κ1) is 22.5. The first-order valence-electron chi connectivity index (χ1n) is 10.1. The highest BCUT2D eigenvalue weighted by atomic mass is 35.5. The summed E-state index contributed by atoms with van der Waals surface area (Å²) in [5.41, 5.74) is 4.38. The summed E-state index contributed by atoms with van der Waals surface area (Å²) in [7, 11) is 1.66. The maximum absolute atomic E-state index is 12.8. The highest BCUT2D eigenvalue weighted by molar-refractivity contribution is 7.13. The van der Waals surface area contributed by atoms with Crippen molar-refractivity contribution in [3.05, 3.63) is 52.0 Å². The minimum Gasteiger partial charge on any atom is -0.385 e. The van der Waals surface area contributed by atoms with E-state index in [1.165, 1.54) is 0 Å². The normalized spacial score (nSPS) is 11.3. The van der Waals surface area contributed by atoms with Gasteiger partial charge in [0, 0.05) is 43.4 Å². The maximum atomic E-state index is 12.8. The fourth-order valence-corrected chi connectivity index (χ4v) is 4.49. The van der Waals surface area contributed by atoms with Crippen molar-refractivity contribution in [1.29, 1.82) is 0 Å². The van der Waals surface area contributed by atoms with Gasteiger partial charge in [-0.2, -0.15) is 0 Å². The smallest absolute Gasteiger partial charge is 0.253 e. The van der Waals surface area contributed by atoms with Crippen LogP contribution in [0.15, 0.2) is 35.7 Å². The fourth-order valence-electron chi connectivity index (χ4n) is 3.35. The summed E-state index contributed by atoms with van der Waals surface area (Å²) < 4.78 is 7.25. The van der Waals surface area contributed by atoms with Crippen molar-refractivity contribution < 1.29 is 9.53 Å². The third-order valence-corrected chi connectivity index (χ3v) is 6.05. The Balaban J connectivity index is 1.94. The first-order chi connectivity index (χ1) is 14.4. The Kier molecular flexibility index (Phi) is 7.69. The minimum atomic E-state index is -0.0612. The predicted molar refractivity (Wildman–Crippen MR) is 124 cm³/mol. The van der Waals surface area contributed by atoms with Crippen LogP contribution in [0.1, 0.15) is 36.3 Å². The molecule has 3 rings (SSSR count). The van der Waals surface area contributed by atoms with Crippen molar-refractivity contribution in [2.75, 3.05) is 20.3 Å². The third-order valence-electron chi connectivity index (χ3n) is 4.84. The van der Waals surface area contributed by atoms with Crippen molar-refractivity contribution in [2.24, 2.45) is 5.92 Å². The highest BCUT2D eigenvalue weighted by Crippen LogP contribution is 2.34. The molecule has 5 nitrogen and oxygen atoms in total. The molecule has 0 atom stereocenters. The number of methoxy groups -OCH3 is 1. The molecule has 0 radical (unpaired) electrons. The minimum absolute atomic E-state index is 0.0612. The van der Waals surface area contributed by atoms with Crippen molar-refractivity contribution >= 4 is 28.8 Å². The summed E-state index contributed by atoms with van der Waals surface area (Å²) in [6.45, 7) is 8.37. The quantitative estimate of drug-likeness (QED) is 0.432. The lowest BCUT2D eigenvalue weighted by Crippen LogP contribution is -2.25. The van der Waals surface area contributed by atoms with Gasteiger partial charge in [0.1, 0.15) is 5.01 Å². The van der Waals surface area contributed by atoms with Crippen LogP contribution in [0.25, 0.3) is 22.0 Å². The second-order valence-electron chi connectivity index (χ2n) is 7.65. The molecule has 7 heteroatoms. The van der Waals surface area contributed by atoms with E-state index in [9.17, 15) is 4.79 Å². The lowest BCUT2D eigenvalue weighted by Gasteiger charge is -2.13. The van der Waals surface area contributed by atoms with E-state index in [-0.39, 0.29) is 5.91 Å². The second-order valence-corrected chi connectivity index (χ2v) is 8.92. The van der Waals surface area contributed by atoms with Crippen molar-refractivity contribution in [3.8, 4) is 22.0 Å². The SMILES string of the molecule is COCCCNC(=O)c1cc(-c2csc(-c3ccccc3Cl)n2)n(CC(C)C)c1C. The largest absolute Gasteiger partial charge is 0.385 e. The standard InChI is InChI=1S/C23H28ClN3O2S/c1-15(2)13-27-16(3)18(22(28)25-10-7-11-29-4)12-21(27)20-14-30-23(26-20)17-8-5-6-9-19(17)24/h5-6,8-9,12,14-15H,7,10-11,13H2,1-4H3,(H,25,28). The molecule has 1 amide bonds. The molecule has 1 N–H and O–H groups in total. The van der Waals surface area contributed by atoms with Gasteiger partial charge in [-0.3, -0.25) is 4.79 Å². The Bertz CT molecular complexity index is 1010. The Hall–Kier alpha value is -2.15. The molecule has 0 saturated heterocycles. The monoisotopic (exact) mass is 445 g/mol. The molecule has 0 spiro atoms. The predicted octanol–water partition coefficient (Wildman–Crippen LogP) is 5.66. The molecule has 30 heavy (non-hydrogen) atoms. The second kappa shape index (κ2) is 10.2. The van der Waals surface area contributed by atoms with Crippen LogP contribution in [-0.4, -0.2) is 35.7 Å². The van der Waals surface area contributed by atoms with E-state index in [4.69, 9.17) is 21.3 Å². The van der Waals surface area contributed by atoms with Gasteiger partial charge in [-0.1, -0.05) is 43.6 Å². The van der Waals surface area contributed by atoms with Gasteiger partial charge in [-0.05, 0) is 31.4 Å². The van der Waals surface area contributed by atoms with E-state index < -0.39 is 0 Å². The number of hydrogen-bond acceptors (Lipinski definition) is 4. The molecule has 1 aromatic carbocycles. The molecule has 2 heterocycles. The van der Waals surface area contributed by atoms with Gasteiger partial charge in [0.05, 0.1) is 22.0 Å². The molecule has 160 valence electrons. The molecule has 0 unspecified atom stereocenters. The zero-order chi connectivity index (χ0) is 21.7. The van der Waals surface area contributed by atoms with Gasteiger partial charge >= 0.3 is 0 Å². The summed E-state index contributed by atoms with van der Waals surface area (Å²) >= 11 is 7.91. The number of carbonyl (C=O) groups is 1. The van der Waals surface area contributed by atoms with E-state index in [1.807, 2.05) is 42.6 Å². The number of thiazole rings is 1. The Morgan fingerprint density at radius 3 is 2.80 bits per heavy atom. The number of nitrogens with zero attached hydrogens (tertiary/aromatic N) is 2. The molecule has 0 aliphatic carbocycles. The van der Waals surface area contributed by atoms with Crippen LogP contribution in [0.4, 0.5) is 0 Å². The van der Waals surface area contributed by atoms with Crippen LogP contribution in [-0.2, 0) is 11.3 Å². The zero-order valence-corrected chi connectivity index (χ0v) is 19.4. The van der Waals surface area contributed by atoms with Gasteiger partial charge in [0.2, 0.25) is 0 Å². The van der Waals surface area contributed by atoms with E-state index >= 15 is 0 Å². The number of hydrogen-bond donors (Lipinski definition) is 1. The summed E-state index contributed by atoms with van der Waals surface area (Å²) in [6, 6.07) is 9.67. The van der Waals surface area contributed by atoms with E-state index in [2.05, 4.69) is 23.7 Å². The fraction of sp³-hybridized carbons (Fsp3) is 0.391. The molecule has 0 fully saturated rings. The van der Waals surface area contributed by atoms with Gasteiger partial charge in [-0.15, -0.1) is 11.3 Å². The molecular weight excluding hydrogens is 418 g/mol. The Labute approximate surface area is 187 Å². The molecule has 3 aromatic rings. The number of amides is 1. The molecule has 0 aliphatic heterocycles. The number of halogens is 1. The summed E-state index contributed by atoms with van der Waals surface area (Å²) in [5.74, 6) is 0.378. The maximum Gasteiger partial charge on any atom is 0.253 e. The third kappa shape index (κ3) is 5.12. The van der Waals surface area contributed by atoms with Gasteiger partial charge in [0.25, 0.3) is 5.91 Å². The van der Waals surface area contributed by atoms with Crippen molar-refractivity contribution in [1.82, 2.24) is 14.9 Å². The van der Waals surface area contributed by atoms with Crippen LogP contribution in [0.5, 0.6) is 0 Å². The van der Waals surface area contributed by atoms with Crippen molar-refractivity contribution in [3.63, 3.8) is 0 Å². The van der Waals surface area contributed by atoms with Crippen LogP contribution in [0.2, 0.25) is 5.02 Å². The van der Waals surface area contributed by atoms with Gasteiger partial charge in [-0.25, -0.2) is 4.98 Å². The van der Waals surface area contributed by atoms with Crippen LogP contribution < -0.4 is 5.32 Å². The molecule has 0 saturated carbocycles. The summed E-state index contributed by atoms with van der Waals surface area (Å²) in [6.07, 6.45) is 0.786. The van der Waals surface area contributed by atoms with Gasteiger partial charge in [0.15, 0.2) is 0 Å². The van der Waals surface area contributed by atoms with Crippen LogP contribution in [0.3, 0.4) is 0 Å². The zero-order valence-electron chi connectivity index (χ0n) is 17.9. The average Bonchev–Trinajstić information content (AvgIpc) is 3.31. The summed E-state index contributed by atoms with van der Waals surface area (Å²) in [4.78, 5) is 17.6. The Morgan fingerprint density at radius 2 is 2.10 bits per heavy atom. The van der Waals surface area contributed by atoms with E-state index in [0.717, 1.165) is 40.6 Å². The number of rotatable bonds is 9. The van der Waals surface area contributed by atoms with Crippen LogP contribution in [0, 0.1) is 12.8 Å². The average molecular weight is 446 g/mol. The van der Waals surface area contributed by atoms with E-state index in [0.29, 0.717) is 29.7 Å². The molecule has 0 aliphatic rings. The number of ether oxygens (including phenoxy) is 1. The first-order valence-corrected chi connectivity index (χ1v) is 11.4. The number of nitrogens with one attached hydrogen (secondary N) is 1. The molecular formula is C23H28ClN3O2S. The molecule has 2 aromatic heterocycles. The Morgan fingerprint density at radius 1 is 1.33 bits per heavy atom. The van der Waals surface area contributed by atoms with Crippen molar-refractivity contribution in [2.45, 2.75) is 33.7 Å². The number of benzene rings is 1. The lowest BCUT2D eigenvalue weighted by atomic mass is 10.2. The number of aromatic nitrogens is 2. The van der Waals surface area contributed by atoms with E-state index in [1.54, 1.807) is 18.4 Å². The lowest BCUT2D eigenvalue weighted by molar-refractivity contribution is 0.0948. The number of carbonyl (C=O) groups excluding carboxylic acids is 1. The van der Waals surface area contributed by atoms with Gasteiger partial charge < -0.3 is 14.6 Å².